The first-order valence-corrected chi connectivity index (χ1v) is 7.21. The summed E-state index contributed by atoms with van der Waals surface area (Å²) in [7, 11) is 0. The Kier molecular flexibility index (Phi) is 6.63. The molecule has 122 valence electrons. The molecule has 0 bridgehead atoms. The molecule has 0 saturated heterocycles. The van der Waals surface area contributed by atoms with Crippen molar-refractivity contribution in [2.75, 3.05) is 0 Å². The summed E-state index contributed by atoms with van der Waals surface area (Å²) in [5.41, 5.74) is 3.54. The van der Waals surface area contributed by atoms with Gasteiger partial charge in [0.15, 0.2) is 0 Å². The van der Waals surface area contributed by atoms with Crippen LogP contribution in [0.25, 0.3) is 21.8 Å². The summed E-state index contributed by atoms with van der Waals surface area (Å²) >= 11 is 0. The number of aromatic nitrogens is 1. The van der Waals surface area contributed by atoms with Gasteiger partial charge in [-0.05, 0) is 37.1 Å². The van der Waals surface area contributed by atoms with E-state index in [1.54, 1.807) is 0 Å². The smallest absolute Gasteiger partial charge is 0.332 e. The van der Waals surface area contributed by atoms with Gasteiger partial charge in [-0.1, -0.05) is 37.3 Å². The number of para-hydroxylation sites is 1. The number of carbonyl (C=O) groups is 1. The number of rotatable bonds is 2. The van der Waals surface area contributed by atoms with Gasteiger partial charge in [-0.3, -0.25) is 0 Å². The van der Waals surface area contributed by atoms with Crippen LogP contribution in [0, 0.1) is 0 Å². The molecular formula is C18H21NO4. The molecule has 1 aromatic heterocycles. The van der Waals surface area contributed by atoms with Crippen LogP contribution in [0.4, 0.5) is 0 Å². The predicted octanol–water partition coefficient (Wildman–Crippen LogP) is 2.58. The summed E-state index contributed by atoms with van der Waals surface area (Å²) in [6, 6.07) is 16.9. The Morgan fingerprint density at radius 2 is 1.74 bits per heavy atom. The highest BCUT2D eigenvalue weighted by atomic mass is 16.4. The molecule has 0 aliphatic heterocycles. The van der Waals surface area contributed by atoms with Gasteiger partial charge >= 0.3 is 5.97 Å². The lowest BCUT2D eigenvalue weighted by Gasteiger charge is -2.05. The van der Waals surface area contributed by atoms with E-state index in [0.29, 0.717) is 0 Å². The molecule has 0 radical (unpaired) electrons. The fourth-order valence-electron chi connectivity index (χ4n) is 2.17. The number of hydrogen-bond donors (Lipinski definition) is 2. The van der Waals surface area contributed by atoms with Crippen molar-refractivity contribution in [1.82, 2.24) is 4.98 Å². The molecule has 0 saturated carbocycles. The second-order valence-electron chi connectivity index (χ2n) is 5.03. The topological polar surface area (TPSA) is 102 Å². The number of benzene rings is 2. The van der Waals surface area contributed by atoms with Crippen LogP contribution in [0.3, 0.4) is 0 Å². The first-order chi connectivity index (χ1) is 10.5. The fraction of sp³-hybridized carbons (Fsp3) is 0.222. The van der Waals surface area contributed by atoms with E-state index in [0.717, 1.165) is 17.5 Å². The summed E-state index contributed by atoms with van der Waals surface area (Å²) in [4.78, 5) is 14.1. The maximum Gasteiger partial charge on any atom is 0.332 e. The van der Waals surface area contributed by atoms with E-state index >= 15 is 0 Å². The number of aliphatic hydroxyl groups excluding tert-OH is 1. The van der Waals surface area contributed by atoms with Crippen LogP contribution in [0.1, 0.15) is 19.4 Å². The van der Waals surface area contributed by atoms with Crippen molar-refractivity contribution in [3.63, 3.8) is 0 Å². The molecular weight excluding hydrogens is 294 g/mol. The number of fused-ring (bicyclic) bond motifs is 2. The number of aliphatic hydroxyl groups is 1. The molecule has 0 amide bonds. The van der Waals surface area contributed by atoms with E-state index < -0.39 is 12.1 Å². The van der Waals surface area contributed by atoms with Crippen molar-refractivity contribution in [1.29, 1.82) is 0 Å². The summed E-state index contributed by atoms with van der Waals surface area (Å²) in [6.45, 7) is 3.38. The van der Waals surface area contributed by atoms with Gasteiger partial charge in [0, 0.05) is 10.8 Å². The molecule has 1 unspecified atom stereocenters. The number of pyridine rings is 1. The van der Waals surface area contributed by atoms with Gasteiger partial charge in [-0.25, -0.2) is 9.78 Å². The highest BCUT2D eigenvalue weighted by Gasteiger charge is 2.02. The quantitative estimate of drug-likeness (QED) is 0.709. The van der Waals surface area contributed by atoms with Gasteiger partial charge in [-0.15, -0.1) is 0 Å². The van der Waals surface area contributed by atoms with Crippen molar-refractivity contribution in [3.05, 3.63) is 54.1 Å². The predicted molar refractivity (Wildman–Crippen MR) is 91.6 cm³/mol. The first-order valence-electron chi connectivity index (χ1n) is 7.21. The minimum atomic E-state index is -1.23. The minimum absolute atomic E-state index is 0. The molecule has 1 atom stereocenters. The molecule has 3 rings (SSSR count). The van der Waals surface area contributed by atoms with E-state index in [9.17, 15) is 4.79 Å². The van der Waals surface area contributed by atoms with Crippen LogP contribution in [-0.2, 0) is 11.2 Å². The van der Waals surface area contributed by atoms with Crippen LogP contribution in [0.5, 0.6) is 0 Å². The zero-order chi connectivity index (χ0) is 16.1. The SMILES string of the molecule is CC(O)C(=O)O.CCc1cccc2nc3ccccc3cc12.O. The van der Waals surface area contributed by atoms with Crippen LogP contribution in [0.2, 0.25) is 0 Å². The Bertz CT molecular complexity index is 799. The lowest BCUT2D eigenvalue weighted by atomic mass is 10.0. The third-order valence-corrected chi connectivity index (χ3v) is 3.39. The number of aliphatic carboxylic acids is 1. The van der Waals surface area contributed by atoms with E-state index in [4.69, 9.17) is 10.2 Å². The molecule has 2 aromatic carbocycles. The lowest BCUT2D eigenvalue weighted by molar-refractivity contribution is -0.145. The first kappa shape index (κ1) is 18.5. The van der Waals surface area contributed by atoms with Crippen molar-refractivity contribution < 1.29 is 20.5 Å². The Labute approximate surface area is 134 Å². The summed E-state index contributed by atoms with van der Waals surface area (Å²) in [5.74, 6) is -1.19. The van der Waals surface area contributed by atoms with Crippen LogP contribution in [0.15, 0.2) is 48.5 Å². The molecule has 0 fully saturated rings. The minimum Gasteiger partial charge on any atom is -0.479 e. The van der Waals surface area contributed by atoms with Gasteiger partial charge < -0.3 is 15.7 Å². The number of carboxylic acid groups (broad SMARTS) is 1. The number of aryl methyl sites for hydroxylation is 1. The van der Waals surface area contributed by atoms with Crippen LogP contribution in [-0.4, -0.2) is 32.7 Å². The average molecular weight is 315 g/mol. The van der Waals surface area contributed by atoms with E-state index in [1.807, 2.05) is 6.07 Å². The molecule has 1 heterocycles. The molecule has 3 aromatic rings. The van der Waals surface area contributed by atoms with Gasteiger partial charge in [0.2, 0.25) is 0 Å². The number of carboxylic acids is 1. The van der Waals surface area contributed by atoms with E-state index in [2.05, 4.69) is 54.4 Å². The zero-order valence-corrected chi connectivity index (χ0v) is 13.2. The second kappa shape index (κ2) is 8.22. The normalized spacial score (nSPS) is 11.3. The van der Waals surface area contributed by atoms with Crippen molar-refractivity contribution in [3.8, 4) is 0 Å². The maximum atomic E-state index is 9.45. The third kappa shape index (κ3) is 4.48. The molecule has 0 aliphatic carbocycles. The monoisotopic (exact) mass is 315 g/mol. The molecule has 23 heavy (non-hydrogen) atoms. The third-order valence-electron chi connectivity index (χ3n) is 3.39. The van der Waals surface area contributed by atoms with E-state index in [1.165, 1.54) is 23.3 Å². The van der Waals surface area contributed by atoms with E-state index in [-0.39, 0.29) is 5.48 Å². The summed E-state index contributed by atoms with van der Waals surface area (Å²) < 4.78 is 0. The number of hydrogen-bond acceptors (Lipinski definition) is 3. The van der Waals surface area contributed by atoms with Crippen molar-refractivity contribution in [2.45, 2.75) is 26.4 Å². The Morgan fingerprint density at radius 1 is 1.13 bits per heavy atom. The fourth-order valence-corrected chi connectivity index (χ4v) is 2.17. The molecule has 4 N–H and O–H groups in total. The van der Waals surface area contributed by atoms with Crippen molar-refractivity contribution in [2.24, 2.45) is 0 Å². The van der Waals surface area contributed by atoms with Crippen LogP contribution < -0.4 is 0 Å². The largest absolute Gasteiger partial charge is 0.479 e. The van der Waals surface area contributed by atoms with Gasteiger partial charge in [0.05, 0.1) is 11.0 Å². The molecule has 0 spiro atoms. The van der Waals surface area contributed by atoms with Crippen LogP contribution >= 0.6 is 0 Å². The maximum absolute atomic E-state index is 9.45. The van der Waals surface area contributed by atoms with Crippen molar-refractivity contribution >= 4 is 27.8 Å². The highest BCUT2D eigenvalue weighted by Crippen LogP contribution is 2.22. The second-order valence-corrected chi connectivity index (χ2v) is 5.03. The van der Waals surface area contributed by atoms with Gasteiger partial charge in [0.25, 0.3) is 0 Å². The zero-order valence-electron chi connectivity index (χ0n) is 13.2. The average Bonchev–Trinajstić information content (AvgIpc) is 2.52. The summed E-state index contributed by atoms with van der Waals surface area (Å²) in [6.07, 6.45) is -0.179. The Morgan fingerprint density at radius 3 is 2.35 bits per heavy atom. The van der Waals surface area contributed by atoms with Gasteiger partial charge in [-0.2, -0.15) is 0 Å². The molecule has 5 heteroatoms. The summed E-state index contributed by atoms with van der Waals surface area (Å²) in [5, 5.41) is 18.3. The number of nitrogens with zero attached hydrogens (tertiary/aromatic N) is 1. The molecule has 0 aliphatic rings. The standard InChI is InChI=1S/C15H13N.C3H6O3.H2O/c1-2-11-7-5-9-15-13(11)10-12-6-3-4-8-14(12)16-15;1-2(4)3(5)6;/h3-10H,2H2,1H3;2,4H,1H3,(H,5,6);1H2. The Balaban J connectivity index is 0.000000330. The van der Waals surface area contributed by atoms with Gasteiger partial charge in [0.1, 0.15) is 6.10 Å². The molecule has 5 nitrogen and oxygen atoms in total. The highest BCUT2D eigenvalue weighted by molar-refractivity contribution is 5.94. The lowest BCUT2D eigenvalue weighted by Crippen LogP contribution is -2.13. The Hall–Kier alpha value is -2.50.